The zero-order chi connectivity index (χ0) is 19.4. The van der Waals surface area contributed by atoms with Gasteiger partial charge >= 0.3 is 0 Å². The molecule has 2 aliphatic rings. The molecule has 2 heterocycles. The molecule has 1 spiro atoms. The maximum Gasteiger partial charge on any atom is 0.185 e. The highest BCUT2D eigenvalue weighted by Crippen LogP contribution is 2.50. The van der Waals surface area contributed by atoms with Gasteiger partial charge in [0.1, 0.15) is 11.5 Å². The number of thiocarbonyl (C=S) groups is 1. The van der Waals surface area contributed by atoms with E-state index in [0.717, 1.165) is 28.1 Å². The number of phenolic OH excluding ortho intramolecular Hbond substituents is 1. The average Bonchev–Trinajstić information content (AvgIpc) is 2.51. The molecule has 0 saturated carbocycles. The number of benzene rings is 2. The van der Waals surface area contributed by atoms with Crippen molar-refractivity contribution >= 4 is 28.9 Å². The summed E-state index contributed by atoms with van der Waals surface area (Å²) >= 11 is 12.0. The molecule has 2 aliphatic heterocycles. The van der Waals surface area contributed by atoms with Crippen LogP contribution in [0.4, 0.5) is 0 Å². The minimum atomic E-state index is -0.664. The van der Waals surface area contributed by atoms with Gasteiger partial charge in [-0.15, -0.1) is 0 Å². The molecule has 4 nitrogen and oxygen atoms in total. The molecular weight excluding hydrogens is 380 g/mol. The first kappa shape index (κ1) is 18.4. The molecule has 0 amide bonds. The van der Waals surface area contributed by atoms with E-state index in [1.807, 2.05) is 25.1 Å². The first-order valence-electron chi connectivity index (χ1n) is 9.05. The summed E-state index contributed by atoms with van der Waals surface area (Å²) in [5.74, 6) is 0.904. The Hall–Kier alpha value is -1.98. The SMILES string of the molecule is Cc1cc(O)cc2c1[C@H](c1ccccc1Cl)C[C@@]1(CC(C)(C)NC(=S)N1)O2. The number of aryl methyl sites for hydroxylation is 1. The molecule has 6 heteroatoms. The standard InChI is InChI=1S/C21H23ClN2O2S/c1-12-8-13(25)9-17-18(12)15(14-6-4-5-7-16(14)22)10-21(26-17)11-20(2,3)23-19(27)24-21/h4-9,15,25H,10-11H2,1-3H3,(H2,23,24,27)/t15-,21-/m0/s1. The lowest BCUT2D eigenvalue weighted by atomic mass is 9.76. The highest BCUT2D eigenvalue weighted by atomic mass is 35.5. The summed E-state index contributed by atoms with van der Waals surface area (Å²) in [4.78, 5) is 0. The minimum absolute atomic E-state index is 0.0345. The van der Waals surface area contributed by atoms with E-state index in [1.165, 1.54) is 0 Å². The van der Waals surface area contributed by atoms with Crippen LogP contribution >= 0.6 is 23.8 Å². The van der Waals surface area contributed by atoms with Gasteiger partial charge in [-0.3, -0.25) is 0 Å². The maximum absolute atomic E-state index is 10.2. The van der Waals surface area contributed by atoms with Crippen LogP contribution in [0.1, 0.15) is 49.3 Å². The number of nitrogens with one attached hydrogen (secondary N) is 2. The molecule has 1 fully saturated rings. The van der Waals surface area contributed by atoms with Gasteiger partial charge in [0.2, 0.25) is 0 Å². The van der Waals surface area contributed by atoms with Crippen molar-refractivity contribution in [3.63, 3.8) is 0 Å². The van der Waals surface area contributed by atoms with Crippen LogP contribution in [-0.2, 0) is 0 Å². The van der Waals surface area contributed by atoms with Crippen molar-refractivity contribution in [3.05, 3.63) is 58.1 Å². The third-order valence-corrected chi connectivity index (χ3v) is 5.87. The Morgan fingerprint density at radius 3 is 2.67 bits per heavy atom. The van der Waals surface area contributed by atoms with E-state index >= 15 is 0 Å². The number of rotatable bonds is 1. The molecule has 2 aromatic rings. The van der Waals surface area contributed by atoms with Gasteiger partial charge in [-0.1, -0.05) is 29.8 Å². The van der Waals surface area contributed by atoms with Gasteiger partial charge in [-0.2, -0.15) is 0 Å². The largest absolute Gasteiger partial charge is 0.508 e. The van der Waals surface area contributed by atoms with Crippen molar-refractivity contribution in [1.82, 2.24) is 10.6 Å². The molecule has 142 valence electrons. The van der Waals surface area contributed by atoms with E-state index in [9.17, 15) is 5.11 Å². The first-order valence-corrected chi connectivity index (χ1v) is 9.84. The number of halogens is 1. The molecule has 4 rings (SSSR count). The van der Waals surface area contributed by atoms with Gasteiger partial charge in [0.25, 0.3) is 0 Å². The fraction of sp³-hybridized carbons (Fsp3) is 0.381. The number of phenols is 1. The predicted octanol–water partition coefficient (Wildman–Crippen LogP) is 4.61. The highest BCUT2D eigenvalue weighted by molar-refractivity contribution is 7.80. The topological polar surface area (TPSA) is 53.5 Å². The van der Waals surface area contributed by atoms with Gasteiger partial charge in [-0.25, -0.2) is 0 Å². The molecule has 3 N–H and O–H groups in total. The van der Waals surface area contributed by atoms with Crippen molar-refractivity contribution in [2.75, 3.05) is 0 Å². The van der Waals surface area contributed by atoms with E-state index in [4.69, 9.17) is 28.6 Å². The van der Waals surface area contributed by atoms with Gasteiger partial charge < -0.3 is 20.5 Å². The second-order valence-electron chi connectivity index (χ2n) is 8.19. The molecule has 27 heavy (non-hydrogen) atoms. The average molecular weight is 403 g/mol. The van der Waals surface area contributed by atoms with Crippen LogP contribution in [0.2, 0.25) is 5.02 Å². The third-order valence-electron chi connectivity index (χ3n) is 5.32. The summed E-state index contributed by atoms with van der Waals surface area (Å²) in [6.45, 7) is 6.21. The summed E-state index contributed by atoms with van der Waals surface area (Å²) in [6, 6.07) is 11.4. The molecule has 2 atom stereocenters. The number of aromatic hydroxyl groups is 1. The Bertz CT molecular complexity index is 930. The summed E-state index contributed by atoms with van der Waals surface area (Å²) < 4.78 is 6.48. The van der Waals surface area contributed by atoms with Crippen LogP contribution in [-0.4, -0.2) is 21.5 Å². The highest BCUT2D eigenvalue weighted by Gasteiger charge is 2.49. The van der Waals surface area contributed by atoms with Crippen molar-refractivity contribution in [2.24, 2.45) is 0 Å². The van der Waals surface area contributed by atoms with E-state index in [2.05, 4.69) is 30.5 Å². The number of hydrogen-bond donors (Lipinski definition) is 3. The first-order chi connectivity index (χ1) is 12.7. The van der Waals surface area contributed by atoms with Gasteiger partial charge in [-0.05, 0) is 56.2 Å². The molecule has 1 saturated heterocycles. The zero-order valence-electron chi connectivity index (χ0n) is 15.6. The fourth-order valence-electron chi connectivity index (χ4n) is 4.52. The Morgan fingerprint density at radius 2 is 1.96 bits per heavy atom. The van der Waals surface area contributed by atoms with Gasteiger partial charge in [0.15, 0.2) is 10.8 Å². The summed E-state index contributed by atoms with van der Waals surface area (Å²) in [5.41, 5.74) is 2.23. The van der Waals surface area contributed by atoms with E-state index in [1.54, 1.807) is 12.1 Å². The van der Waals surface area contributed by atoms with Crippen LogP contribution in [0.25, 0.3) is 0 Å². The molecular formula is C21H23ClN2O2S. The maximum atomic E-state index is 10.2. The molecule has 0 aliphatic carbocycles. The van der Waals surface area contributed by atoms with Crippen molar-refractivity contribution < 1.29 is 9.84 Å². The Morgan fingerprint density at radius 1 is 1.22 bits per heavy atom. The third kappa shape index (κ3) is 3.34. The van der Waals surface area contributed by atoms with E-state index in [0.29, 0.717) is 17.3 Å². The monoisotopic (exact) mass is 402 g/mol. The number of hydrogen-bond acceptors (Lipinski definition) is 3. The zero-order valence-corrected chi connectivity index (χ0v) is 17.2. The molecule has 0 bridgehead atoms. The molecule has 0 radical (unpaired) electrons. The summed E-state index contributed by atoms with van der Waals surface area (Å²) in [6.07, 6.45) is 1.41. The Balaban J connectivity index is 1.89. The van der Waals surface area contributed by atoms with Crippen LogP contribution < -0.4 is 15.4 Å². The second-order valence-corrected chi connectivity index (χ2v) is 9.00. The Kier molecular flexibility index (Phi) is 4.28. The summed E-state index contributed by atoms with van der Waals surface area (Å²) in [7, 11) is 0. The lowest BCUT2D eigenvalue weighted by Crippen LogP contribution is -2.69. The summed E-state index contributed by atoms with van der Waals surface area (Å²) in [5, 5.41) is 18.1. The lowest BCUT2D eigenvalue weighted by Gasteiger charge is -2.50. The van der Waals surface area contributed by atoms with Crippen LogP contribution in [0, 0.1) is 6.92 Å². The van der Waals surface area contributed by atoms with Crippen LogP contribution in [0.5, 0.6) is 11.5 Å². The van der Waals surface area contributed by atoms with Crippen molar-refractivity contribution in [1.29, 1.82) is 0 Å². The van der Waals surface area contributed by atoms with Crippen LogP contribution in [0.3, 0.4) is 0 Å². The van der Waals surface area contributed by atoms with Crippen LogP contribution in [0.15, 0.2) is 36.4 Å². The van der Waals surface area contributed by atoms with Gasteiger partial charge in [0, 0.05) is 41.0 Å². The Labute approximate surface area is 169 Å². The predicted molar refractivity (Wildman–Crippen MR) is 112 cm³/mol. The van der Waals surface area contributed by atoms with E-state index < -0.39 is 5.72 Å². The fourth-order valence-corrected chi connectivity index (χ4v) is 5.25. The van der Waals surface area contributed by atoms with Gasteiger partial charge in [0.05, 0.1) is 0 Å². The molecule has 2 aromatic carbocycles. The quantitative estimate of drug-likeness (QED) is 0.608. The number of ether oxygens (including phenoxy) is 1. The molecule has 0 unspecified atom stereocenters. The van der Waals surface area contributed by atoms with Crippen molar-refractivity contribution in [3.8, 4) is 11.5 Å². The lowest BCUT2D eigenvalue weighted by molar-refractivity contribution is -0.0129. The number of fused-ring (bicyclic) bond motifs is 1. The minimum Gasteiger partial charge on any atom is -0.508 e. The normalized spacial score (nSPS) is 25.9. The molecule has 0 aromatic heterocycles. The van der Waals surface area contributed by atoms with Crippen molar-refractivity contribution in [2.45, 2.75) is 50.8 Å². The van der Waals surface area contributed by atoms with E-state index in [-0.39, 0.29) is 17.2 Å². The second kappa shape index (κ2) is 6.28. The smallest absolute Gasteiger partial charge is 0.185 e.